The normalized spacial score (nSPS) is 13.5. The van der Waals surface area contributed by atoms with Crippen molar-refractivity contribution in [3.63, 3.8) is 0 Å². The molecule has 0 aromatic heterocycles. The van der Waals surface area contributed by atoms with Crippen molar-refractivity contribution in [1.29, 1.82) is 0 Å². The van der Waals surface area contributed by atoms with Crippen molar-refractivity contribution in [2.75, 3.05) is 12.0 Å². The fraction of sp³-hybridized carbons (Fsp3) is 0.100. The molecule has 0 unspecified atom stereocenters. The topological polar surface area (TPSA) is 46.6 Å². The van der Waals surface area contributed by atoms with E-state index in [1.807, 2.05) is 43.3 Å². The third-order valence-corrected chi connectivity index (χ3v) is 3.91. The van der Waals surface area contributed by atoms with Crippen LogP contribution < -0.4 is 9.64 Å². The minimum absolute atomic E-state index is 0.336. The Balaban J connectivity index is 2.09. The van der Waals surface area contributed by atoms with Gasteiger partial charge in [-0.25, -0.2) is 4.90 Å². The second-order valence-corrected chi connectivity index (χ2v) is 5.59. The number of imide groups is 1. The summed E-state index contributed by atoms with van der Waals surface area (Å²) in [6.45, 7) is 5.84. The van der Waals surface area contributed by atoms with Crippen LogP contribution in [0.1, 0.15) is 12.5 Å². The highest BCUT2D eigenvalue weighted by molar-refractivity contribution is 6.28. The number of hydrogen-bond acceptors (Lipinski definition) is 3. The molecule has 0 fully saturated rings. The molecule has 1 heterocycles. The molecule has 4 nitrogen and oxygen atoms in total. The number of nitrogens with zero attached hydrogens (tertiary/aromatic N) is 1. The number of rotatable bonds is 4. The van der Waals surface area contributed by atoms with E-state index in [-0.39, 0.29) is 11.8 Å². The van der Waals surface area contributed by atoms with Crippen LogP contribution in [-0.2, 0) is 9.59 Å². The molecule has 0 saturated carbocycles. The Morgan fingerprint density at radius 1 is 1.00 bits per heavy atom. The SMILES string of the molecule is C=C(C)c1cc(-c2cccc(OC)c2)ccc1N1C(=O)C=CC1=O. The van der Waals surface area contributed by atoms with Gasteiger partial charge in [-0.3, -0.25) is 9.59 Å². The predicted octanol–water partition coefficient (Wildman–Crippen LogP) is 3.82. The summed E-state index contributed by atoms with van der Waals surface area (Å²) in [6, 6.07) is 13.3. The zero-order chi connectivity index (χ0) is 17.3. The lowest BCUT2D eigenvalue weighted by Crippen LogP contribution is -2.30. The maximum atomic E-state index is 12.0. The van der Waals surface area contributed by atoms with Crippen molar-refractivity contribution < 1.29 is 14.3 Å². The summed E-state index contributed by atoms with van der Waals surface area (Å²) in [5, 5.41) is 0. The third kappa shape index (κ3) is 2.74. The van der Waals surface area contributed by atoms with E-state index in [9.17, 15) is 9.59 Å². The van der Waals surface area contributed by atoms with E-state index in [4.69, 9.17) is 4.74 Å². The maximum Gasteiger partial charge on any atom is 0.258 e. The van der Waals surface area contributed by atoms with E-state index in [0.717, 1.165) is 28.0 Å². The molecule has 2 aromatic carbocycles. The number of carbonyl (C=O) groups excluding carboxylic acids is 2. The van der Waals surface area contributed by atoms with Crippen LogP contribution in [0.15, 0.2) is 61.2 Å². The lowest BCUT2D eigenvalue weighted by molar-refractivity contribution is -0.119. The Kier molecular flexibility index (Phi) is 4.04. The molecule has 4 heteroatoms. The van der Waals surface area contributed by atoms with Gasteiger partial charge in [0.15, 0.2) is 0 Å². The maximum absolute atomic E-state index is 12.0. The molecule has 3 rings (SSSR count). The molecule has 1 aliphatic heterocycles. The molecule has 1 aliphatic rings. The lowest BCUT2D eigenvalue weighted by atomic mass is 9.98. The van der Waals surface area contributed by atoms with Crippen LogP contribution in [0.3, 0.4) is 0 Å². The van der Waals surface area contributed by atoms with E-state index >= 15 is 0 Å². The van der Waals surface area contributed by atoms with Gasteiger partial charge in [0, 0.05) is 17.7 Å². The number of ether oxygens (including phenoxy) is 1. The fourth-order valence-corrected chi connectivity index (χ4v) is 2.69. The summed E-state index contributed by atoms with van der Waals surface area (Å²) in [7, 11) is 1.62. The number of amides is 2. The number of allylic oxidation sites excluding steroid dienone is 1. The van der Waals surface area contributed by atoms with Gasteiger partial charge in [-0.1, -0.05) is 24.8 Å². The molecule has 0 spiro atoms. The highest BCUT2D eigenvalue weighted by atomic mass is 16.5. The minimum Gasteiger partial charge on any atom is -0.497 e. The average molecular weight is 319 g/mol. The molecule has 24 heavy (non-hydrogen) atoms. The number of benzene rings is 2. The van der Waals surface area contributed by atoms with Crippen LogP contribution in [0, 0.1) is 0 Å². The monoisotopic (exact) mass is 319 g/mol. The average Bonchev–Trinajstić information content (AvgIpc) is 2.93. The summed E-state index contributed by atoms with van der Waals surface area (Å²) in [6.07, 6.45) is 2.56. The molecule has 0 N–H and O–H groups in total. The van der Waals surface area contributed by atoms with E-state index < -0.39 is 0 Å². The lowest BCUT2D eigenvalue weighted by Gasteiger charge is -2.19. The van der Waals surface area contributed by atoms with Crippen molar-refractivity contribution in [3.05, 3.63) is 66.8 Å². The zero-order valence-electron chi connectivity index (χ0n) is 13.6. The molecule has 0 aliphatic carbocycles. The molecule has 0 atom stereocenters. The van der Waals surface area contributed by atoms with Gasteiger partial charge in [0.2, 0.25) is 0 Å². The first kappa shape index (κ1) is 15.7. The van der Waals surface area contributed by atoms with Crippen molar-refractivity contribution >= 4 is 23.1 Å². The first-order valence-corrected chi connectivity index (χ1v) is 7.52. The summed E-state index contributed by atoms with van der Waals surface area (Å²) in [5.74, 6) is 0.0933. The van der Waals surface area contributed by atoms with E-state index in [1.165, 1.54) is 17.1 Å². The van der Waals surface area contributed by atoms with E-state index in [2.05, 4.69) is 6.58 Å². The van der Waals surface area contributed by atoms with Gasteiger partial charge in [-0.2, -0.15) is 0 Å². The molecule has 120 valence electrons. The highest BCUT2D eigenvalue weighted by Crippen LogP contribution is 2.33. The minimum atomic E-state index is -0.336. The Bertz CT molecular complexity index is 862. The Morgan fingerprint density at radius 2 is 1.67 bits per heavy atom. The van der Waals surface area contributed by atoms with Gasteiger partial charge in [0.1, 0.15) is 5.75 Å². The number of carbonyl (C=O) groups is 2. The second-order valence-electron chi connectivity index (χ2n) is 5.59. The van der Waals surface area contributed by atoms with Gasteiger partial charge in [-0.15, -0.1) is 0 Å². The summed E-state index contributed by atoms with van der Waals surface area (Å²) in [4.78, 5) is 25.1. The van der Waals surface area contributed by atoms with Gasteiger partial charge in [-0.05, 0) is 47.9 Å². The molecule has 2 aromatic rings. The fourth-order valence-electron chi connectivity index (χ4n) is 2.69. The summed E-state index contributed by atoms with van der Waals surface area (Å²) < 4.78 is 5.26. The van der Waals surface area contributed by atoms with Crippen molar-refractivity contribution in [1.82, 2.24) is 0 Å². The van der Waals surface area contributed by atoms with Gasteiger partial charge >= 0.3 is 0 Å². The number of anilines is 1. The zero-order valence-corrected chi connectivity index (χ0v) is 13.6. The van der Waals surface area contributed by atoms with Gasteiger partial charge in [0.25, 0.3) is 11.8 Å². The standard InChI is InChI=1S/C20H17NO3/c1-13(2)17-12-15(14-5-4-6-16(11-14)24-3)7-8-18(17)21-19(22)9-10-20(21)23/h4-12H,1H2,2-3H3. The summed E-state index contributed by atoms with van der Waals surface area (Å²) >= 11 is 0. The highest BCUT2D eigenvalue weighted by Gasteiger charge is 2.27. The summed E-state index contributed by atoms with van der Waals surface area (Å²) in [5.41, 5.74) is 4.04. The van der Waals surface area contributed by atoms with Crippen molar-refractivity contribution in [2.45, 2.75) is 6.92 Å². The predicted molar refractivity (Wildman–Crippen MR) is 94.8 cm³/mol. The smallest absolute Gasteiger partial charge is 0.258 e. The van der Waals surface area contributed by atoms with Crippen LogP contribution in [0.25, 0.3) is 16.7 Å². The first-order valence-electron chi connectivity index (χ1n) is 7.52. The third-order valence-electron chi connectivity index (χ3n) is 3.91. The van der Waals surface area contributed by atoms with E-state index in [0.29, 0.717) is 5.69 Å². The number of hydrogen-bond donors (Lipinski definition) is 0. The Hall–Kier alpha value is -3.14. The largest absolute Gasteiger partial charge is 0.497 e. The second kappa shape index (κ2) is 6.16. The van der Waals surface area contributed by atoms with Crippen LogP contribution in [-0.4, -0.2) is 18.9 Å². The molecule has 0 bridgehead atoms. The van der Waals surface area contributed by atoms with Gasteiger partial charge in [0.05, 0.1) is 12.8 Å². The first-order chi connectivity index (χ1) is 11.5. The molecular weight excluding hydrogens is 302 g/mol. The Labute approximate surface area is 140 Å². The van der Waals surface area contributed by atoms with Crippen LogP contribution >= 0.6 is 0 Å². The van der Waals surface area contributed by atoms with Crippen molar-refractivity contribution in [3.8, 4) is 16.9 Å². The Morgan fingerprint density at radius 3 is 2.29 bits per heavy atom. The van der Waals surface area contributed by atoms with Crippen molar-refractivity contribution in [2.24, 2.45) is 0 Å². The molecular formula is C20H17NO3. The quantitative estimate of drug-likeness (QED) is 0.805. The van der Waals surface area contributed by atoms with Crippen LogP contribution in [0.2, 0.25) is 0 Å². The molecule has 0 saturated heterocycles. The van der Waals surface area contributed by atoms with E-state index in [1.54, 1.807) is 13.2 Å². The van der Waals surface area contributed by atoms with Gasteiger partial charge < -0.3 is 4.74 Å². The number of methoxy groups -OCH3 is 1. The molecule has 2 amide bonds. The van der Waals surface area contributed by atoms with Crippen LogP contribution in [0.5, 0.6) is 5.75 Å². The molecule has 0 radical (unpaired) electrons. The van der Waals surface area contributed by atoms with Crippen LogP contribution in [0.4, 0.5) is 5.69 Å².